The van der Waals surface area contributed by atoms with Gasteiger partial charge in [0, 0.05) is 18.8 Å². The number of rotatable bonds is 3. The molecule has 14 heavy (non-hydrogen) atoms. The molecule has 0 N–H and O–H groups in total. The van der Waals surface area contributed by atoms with Gasteiger partial charge in [-0.1, -0.05) is 26.0 Å². The summed E-state index contributed by atoms with van der Waals surface area (Å²) in [5.41, 5.74) is 1.76. The average molecular weight is 193 g/mol. The van der Waals surface area contributed by atoms with E-state index < -0.39 is 0 Å². The van der Waals surface area contributed by atoms with E-state index in [4.69, 9.17) is 0 Å². The molecule has 1 atom stereocenters. The summed E-state index contributed by atoms with van der Waals surface area (Å²) in [6, 6.07) is 0.580. The fourth-order valence-electron chi connectivity index (χ4n) is 1.58. The van der Waals surface area contributed by atoms with Crippen LogP contribution in [0.25, 0.3) is 0 Å². The molecule has 1 aliphatic carbocycles. The summed E-state index contributed by atoms with van der Waals surface area (Å²) >= 11 is 0. The van der Waals surface area contributed by atoms with Gasteiger partial charge in [-0.2, -0.15) is 0 Å². The lowest BCUT2D eigenvalue weighted by Crippen LogP contribution is -2.27. The van der Waals surface area contributed by atoms with Crippen molar-refractivity contribution in [3.63, 3.8) is 0 Å². The molecule has 1 aliphatic rings. The second kappa shape index (κ2) is 4.20. The van der Waals surface area contributed by atoms with E-state index in [0.29, 0.717) is 11.5 Å². The summed E-state index contributed by atoms with van der Waals surface area (Å²) in [7, 11) is 2.16. The molecule has 0 aromatic heterocycles. The highest BCUT2D eigenvalue weighted by Gasteiger charge is 2.21. The standard InChI is InChI=1S/C13H23N/c1-6-13(4)9-7-12(8-10-13)14(5)11(2)3/h7-9,11H,6,10H2,1-5H3. The first-order valence-electron chi connectivity index (χ1n) is 5.61. The van der Waals surface area contributed by atoms with Gasteiger partial charge in [0.25, 0.3) is 0 Å². The maximum Gasteiger partial charge on any atom is 0.0322 e. The molecule has 1 rings (SSSR count). The topological polar surface area (TPSA) is 3.24 Å². The van der Waals surface area contributed by atoms with Crippen molar-refractivity contribution in [2.75, 3.05) is 7.05 Å². The number of allylic oxidation sites excluding steroid dienone is 3. The van der Waals surface area contributed by atoms with E-state index in [1.807, 2.05) is 0 Å². The lowest BCUT2D eigenvalue weighted by molar-refractivity contribution is 0.338. The first kappa shape index (κ1) is 11.4. The van der Waals surface area contributed by atoms with Gasteiger partial charge in [0.2, 0.25) is 0 Å². The number of likely N-dealkylation sites (N-methyl/N-ethyl adjacent to an activating group) is 1. The molecular weight excluding hydrogens is 170 g/mol. The van der Waals surface area contributed by atoms with Crippen LogP contribution in [0.2, 0.25) is 0 Å². The second-order valence-electron chi connectivity index (χ2n) is 4.88. The van der Waals surface area contributed by atoms with Crippen molar-refractivity contribution < 1.29 is 0 Å². The predicted octanol–water partition coefficient (Wildman–Crippen LogP) is 3.59. The van der Waals surface area contributed by atoms with Crippen LogP contribution in [-0.4, -0.2) is 18.0 Å². The lowest BCUT2D eigenvalue weighted by Gasteiger charge is -2.31. The van der Waals surface area contributed by atoms with E-state index >= 15 is 0 Å². The van der Waals surface area contributed by atoms with Crippen molar-refractivity contribution in [3.05, 3.63) is 23.9 Å². The zero-order chi connectivity index (χ0) is 10.8. The molecule has 0 saturated carbocycles. The van der Waals surface area contributed by atoms with Crippen molar-refractivity contribution in [2.45, 2.75) is 46.6 Å². The van der Waals surface area contributed by atoms with Gasteiger partial charge in [-0.25, -0.2) is 0 Å². The molecule has 0 spiro atoms. The third-order valence-electron chi connectivity index (χ3n) is 3.42. The quantitative estimate of drug-likeness (QED) is 0.662. The summed E-state index contributed by atoms with van der Waals surface area (Å²) in [6.07, 6.45) is 9.39. The van der Waals surface area contributed by atoms with E-state index in [9.17, 15) is 0 Å². The fourth-order valence-corrected chi connectivity index (χ4v) is 1.58. The van der Waals surface area contributed by atoms with E-state index in [1.165, 1.54) is 18.5 Å². The van der Waals surface area contributed by atoms with Crippen LogP contribution < -0.4 is 0 Å². The Hall–Kier alpha value is -0.720. The maximum absolute atomic E-state index is 2.36. The highest BCUT2D eigenvalue weighted by atomic mass is 15.1. The Morgan fingerprint density at radius 2 is 2.14 bits per heavy atom. The normalized spacial score (nSPS) is 26.6. The summed E-state index contributed by atoms with van der Waals surface area (Å²) in [5.74, 6) is 0. The van der Waals surface area contributed by atoms with Crippen LogP contribution in [0.5, 0.6) is 0 Å². The largest absolute Gasteiger partial charge is 0.372 e. The first-order valence-corrected chi connectivity index (χ1v) is 5.61. The van der Waals surface area contributed by atoms with Crippen LogP contribution in [0.1, 0.15) is 40.5 Å². The molecule has 0 heterocycles. The average Bonchev–Trinajstić information content (AvgIpc) is 2.18. The minimum absolute atomic E-state index is 0.390. The fraction of sp³-hybridized carbons (Fsp3) is 0.692. The molecule has 80 valence electrons. The van der Waals surface area contributed by atoms with Gasteiger partial charge in [0.15, 0.2) is 0 Å². The maximum atomic E-state index is 2.36. The Bertz CT molecular complexity index is 250. The molecule has 0 bridgehead atoms. The third-order valence-corrected chi connectivity index (χ3v) is 3.42. The van der Waals surface area contributed by atoms with Gasteiger partial charge < -0.3 is 4.90 Å². The Morgan fingerprint density at radius 3 is 2.50 bits per heavy atom. The number of hydrogen-bond donors (Lipinski definition) is 0. The van der Waals surface area contributed by atoms with Crippen molar-refractivity contribution in [2.24, 2.45) is 5.41 Å². The number of hydrogen-bond acceptors (Lipinski definition) is 1. The molecular formula is C13H23N. The molecule has 0 fully saturated rings. The smallest absolute Gasteiger partial charge is 0.0322 e. The molecule has 1 nitrogen and oxygen atoms in total. The first-order chi connectivity index (χ1) is 6.48. The second-order valence-corrected chi connectivity index (χ2v) is 4.88. The van der Waals surface area contributed by atoms with Gasteiger partial charge in [-0.15, -0.1) is 0 Å². The van der Waals surface area contributed by atoms with Crippen LogP contribution in [0.15, 0.2) is 23.9 Å². The van der Waals surface area contributed by atoms with Gasteiger partial charge in [0.1, 0.15) is 0 Å². The molecule has 0 amide bonds. The highest BCUT2D eigenvalue weighted by molar-refractivity contribution is 5.25. The van der Waals surface area contributed by atoms with E-state index in [0.717, 1.165) is 0 Å². The zero-order valence-corrected chi connectivity index (χ0v) is 10.2. The Kier molecular flexibility index (Phi) is 3.41. The highest BCUT2D eigenvalue weighted by Crippen LogP contribution is 2.33. The predicted molar refractivity (Wildman–Crippen MR) is 63.1 cm³/mol. The van der Waals surface area contributed by atoms with Crippen molar-refractivity contribution in [1.82, 2.24) is 4.90 Å². The molecule has 1 heteroatoms. The SMILES string of the molecule is CCC1(C)C=CC(N(C)C(C)C)=CC1. The zero-order valence-electron chi connectivity index (χ0n) is 10.2. The van der Waals surface area contributed by atoms with Crippen molar-refractivity contribution >= 4 is 0 Å². The van der Waals surface area contributed by atoms with Crippen LogP contribution in [-0.2, 0) is 0 Å². The van der Waals surface area contributed by atoms with E-state index in [1.54, 1.807) is 0 Å². The molecule has 0 aromatic rings. The van der Waals surface area contributed by atoms with Crippen molar-refractivity contribution in [3.8, 4) is 0 Å². The summed E-state index contributed by atoms with van der Waals surface area (Å²) < 4.78 is 0. The minimum atomic E-state index is 0.390. The summed E-state index contributed by atoms with van der Waals surface area (Å²) in [4.78, 5) is 2.33. The van der Waals surface area contributed by atoms with Gasteiger partial charge in [-0.3, -0.25) is 0 Å². The van der Waals surface area contributed by atoms with Gasteiger partial charge in [0.05, 0.1) is 0 Å². The van der Waals surface area contributed by atoms with Crippen molar-refractivity contribution in [1.29, 1.82) is 0 Å². The van der Waals surface area contributed by atoms with E-state index in [2.05, 4.69) is 57.9 Å². The monoisotopic (exact) mass is 193 g/mol. The third kappa shape index (κ3) is 2.40. The summed E-state index contributed by atoms with van der Waals surface area (Å²) in [5, 5.41) is 0. The molecule has 0 radical (unpaired) electrons. The lowest BCUT2D eigenvalue weighted by atomic mass is 9.80. The van der Waals surface area contributed by atoms with Gasteiger partial charge in [-0.05, 0) is 38.2 Å². The Morgan fingerprint density at radius 1 is 1.50 bits per heavy atom. The number of nitrogens with zero attached hydrogens (tertiary/aromatic N) is 1. The molecule has 0 saturated heterocycles. The Balaban J connectivity index is 2.68. The summed E-state index contributed by atoms with van der Waals surface area (Å²) in [6.45, 7) is 9.03. The minimum Gasteiger partial charge on any atom is -0.372 e. The molecule has 0 aromatic carbocycles. The van der Waals surface area contributed by atoms with Crippen LogP contribution in [0, 0.1) is 5.41 Å². The molecule has 1 unspecified atom stereocenters. The molecule has 0 aliphatic heterocycles. The van der Waals surface area contributed by atoms with Crippen LogP contribution in [0.4, 0.5) is 0 Å². The van der Waals surface area contributed by atoms with Gasteiger partial charge >= 0.3 is 0 Å². The van der Waals surface area contributed by atoms with Crippen LogP contribution >= 0.6 is 0 Å². The van der Waals surface area contributed by atoms with E-state index in [-0.39, 0.29) is 0 Å². The Labute approximate surface area is 88.5 Å². The van der Waals surface area contributed by atoms with Crippen LogP contribution in [0.3, 0.4) is 0 Å².